The van der Waals surface area contributed by atoms with E-state index in [2.05, 4.69) is 34.7 Å². The summed E-state index contributed by atoms with van der Waals surface area (Å²) in [5, 5.41) is 6.33. The van der Waals surface area contributed by atoms with Gasteiger partial charge in [-0.1, -0.05) is 53.7 Å². The third kappa shape index (κ3) is 2.46. The van der Waals surface area contributed by atoms with E-state index in [0.717, 1.165) is 27.2 Å². The van der Waals surface area contributed by atoms with Gasteiger partial charge in [0.15, 0.2) is 5.82 Å². The number of likely N-dealkylation sites (tertiary alicyclic amines) is 1. The molecular weight excluding hydrogens is 394 g/mol. The number of imide groups is 1. The Morgan fingerprint density at radius 1 is 0.935 bits per heavy atom. The zero-order valence-corrected chi connectivity index (χ0v) is 16.7. The molecule has 3 aromatic rings. The van der Waals surface area contributed by atoms with E-state index >= 15 is 0 Å². The fourth-order valence-electron chi connectivity index (χ4n) is 5.65. The largest absolute Gasteiger partial charge is 0.360 e. The van der Waals surface area contributed by atoms with Crippen LogP contribution in [-0.2, 0) is 14.4 Å². The van der Waals surface area contributed by atoms with Crippen LogP contribution >= 0.6 is 0 Å². The van der Waals surface area contributed by atoms with Crippen LogP contribution in [0.25, 0.3) is 0 Å². The molecule has 2 atom stereocenters. The quantitative estimate of drug-likeness (QED) is 0.667. The highest BCUT2D eigenvalue weighted by atomic mass is 16.5. The van der Waals surface area contributed by atoms with E-state index in [1.54, 1.807) is 13.0 Å². The number of hydrogen-bond acceptors (Lipinski definition) is 5. The smallest absolute Gasteiger partial charge is 0.245 e. The topological polar surface area (TPSA) is 92.5 Å². The lowest BCUT2D eigenvalue weighted by molar-refractivity contribution is -0.142. The van der Waals surface area contributed by atoms with Gasteiger partial charge in [0.25, 0.3) is 0 Å². The normalized spacial score (nSPS) is 25.3. The number of hydrogen-bond donors (Lipinski definition) is 1. The zero-order valence-electron chi connectivity index (χ0n) is 16.7. The van der Waals surface area contributed by atoms with Gasteiger partial charge in [-0.2, -0.15) is 0 Å². The Hall–Kier alpha value is -3.74. The van der Waals surface area contributed by atoms with Crippen molar-refractivity contribution < 1.29 is 18.9 Å². The fourth-order valence-corrected chi connectivity index (χ4v) is 5.65. The van der Waals surface area contributed by atoms with Crippen molar-refractivity contribution in [1.29, 1.82) is 0 Å². The maximum Gasteiger partial charge on any atom is 0.245 e. The molecule has 7 heteroatoms. The summed E-state index contributed by atoms with van der Waals surface area (Å²) < 4.78 is 4.95. The molecule has 7 rings (SSSR count). The molecule has 1 fully saturated rings. The Kier molecular flexibility index (Phi) is 3.72. The van der Waals surface area contributed by atoms with Crippen molar-refractivity contribution in [2.75, 3.05) is 11.9 Å². The summed E-state index contributed by atoms with van der Waals surface area (Å²) in [6, 6.07) is 17.7. The zero-order chi connectivity index (χ0) is 21.3. The number of amides is 3. The van der Waals surface area contributed by atoms with Crippen LogP contribution in [0, 0.1) is 18.8 Å². The Balaban J connectivity index is 1.37. The van der Waals surface area contributed by atoms with Crippen LogP contribution in [0.1, 0.15) is 39.8 Å². The molecule has 1 aromatic heterocycles. The number of nitrogens with zero attached hydrogens (tertiary/aromatic N) is 2. The summed E-state index contributed by atoms with van der Waals surface area (Å²) in [5.74, 6) is -1.53. The first-order valence-corrected chi connectivity index (χ1v) is 10.3. The first kappa shape index (κ1) is 18.1. The molecule has 4 aliphatic rings. The van der Waals surface area contributed by atoms with Gasteiger partial charge in [0.05, 0.1) is 11.8 Å². The molecule has 154 valence electrons. The summed E-state index contributed by atoms with van der Waals surface area (Å²) in [7, 11) is 0. The molecule has 3 aliphatic carbocycles. The molecular formula is C24H19N3O4. The number of aryl methyl sites for hydroxylation is 1. The molecule has 0 spiro atoms. The number of benzene rings is 2. The summed E-state index contributed by atoms with van der Waals surface area (Å²) in [5.41, 5.74) is 4.44. The summed E-state index contributed by atoms with van der Waals surface area (Å²) in [6.45, 7) is 1.38. The van der Waals surface area contributed by atoms with Crippen LogP contribution in [-0.4, -0.2) is 34.3 Å². The lowest BCUT2D eigenvalue weighted by atomic mass is 9.55. The molecule has 7 nitrogen and oxygen atoms in total. The minimum Gasteiger partial charge on any atom is -0.360 e. The van der Waals surface area contributed by atoms with Crippen molar-refractivity contribution in [3.8, 4) is 0 Å². The first-order valence-electron chi connectivity index (χ1n) is 10.3. The number of nitrogens with one attached hydrogen (secondary N) is 1. The predicted molar refractivity (Wildman–Crippen MR) is 110 cm³/mol. The van der Waals surface area contributed by atoms with Gasteiger partial charge < -0.3 is 9.84 Å². The van der Waals surface area contributed by atoms with Crippen LogP contribution in [0.5, 0.6) is 0 Å². The molecule has 2 heterocycles. The fraction of sp³-hybridized carbons (Fsp3) is 0.250. The van der Waals surface area contributed by atoms with E-state index in [1.807, 2.05) is 24.3 Å². The van der Waals surface area contributed by atoms with Crippen molar-refractivity contribution in [1.82, 2.24) is 10.1 Å². The highest BCUT2D eigenvalue weighted by Crippen LogP contribution is 2.60. The molecule has 31 heavy (non-hydrogen) atoms. The van der Waals surface area contributed by atoms with Gasteiger partial charge in [-0.05, 0) is 29.2 Å². The van der Waals surface area contributed by atoms with Crippen LogP contribution in [0.2, 0.25) is 0 Å². The van der Waals surface area contributed by atoms with Crippen molar-refractivity contribution in [3.63, 3.8) is 0 Å². The van der Waals surface area contributed by atoms with Gasteiger partial charge in [0, 0.05) is 17.9 Å². The molecule has 1 saturated heterocycles. The summed E-state index contributed by atoms with van der Waals surface area (Å²) in [4.78, 5) is 40.6. The average Bonchev–Trinajstić information content (AvgIpc) is 3.30. The van der Waals surface area contributed by atoms with Gasteiger partial charge in [-0.25, -0.2) is 0 Å². The first-order chi connectivity index (χ1) is 15.0. The Labute approximate surface area is 178 Å². The van der Waals surface area contributed by atoms with Crippen molar-refractivity contribution >= 4 is 23.5 Å². The van der Waals surface area contributed by atoms with Crippen LogP contribution in [0.4, 0.5) is 5.82 Å². The molecule has 0 radical (unpaired) electrons. The number of carbonyl (C=O) groups is 3. The molecule has 3 amide bonds. The lowest BCUT2D eigenvalue weighted by Crippen LogP contribution is -2.41. The van der Waals surface area contributed by atoms with Crippen LogP contribution in [0.3, 0.4) is 0 Å². The number of carbonyl (C=O) groups excluding carboxylic acids is 3. The van der Waals surface area contributed by atoms with Gasteiger partial charge in [0.1, 0.15) is 12.3 Å². The van der Waals surface area contributed by atoms with Gasteiger partial charge in [-0.15, -0.1) is 0 Å². The molecule has 1 N–H and O–H groups in total. The SMILES string of the molecule is Cc1cc(NC(=O)CN2C(=O)[C@H]3C4c5ccccc5C(c5ccccc54)[C@@H]3C2=O)no1. The van der Waals surface area contributed by atoms with E-state index in [9.17, 15) is 14.4 Å². The molecule has 1 aliphatic heterocycles. The number of aromatic nitrogens is 1. The third-order valence-electron chi connectivity index (χ3n) is 6.74. The Morgan fingerprint density at radius 3 is 1.84 bits per heavy atom. The van der Waals surface area contributed by atoms with Crippen molar-refractivity contribution in [2.24, 2.45) is 11.8 Å². The average molecular weight is 413 g/mol. The summed E-state index contributed by atoms with van der Waals surface area (Å²) >= 11 is 0. The highest BCUT2D eigenvalue weighted by Gasteiger charge is 2.61. The second-order valence-electron chi connectivity index (χ2n) is 8.40. The third-order valence-corrected chi connectivity index (χ3v) is 6.74. The standard InChI is InChI=1S/C24H19N3O4/c1-12-10-17(26-31-12)25-18(28)11-27-23(29)21-19-13-6-2-3-7-14(13)20(22(21)24(27)30)16-9-5-4-8-15(16)19/h2-10,19-22H,11H2,1H3,(H,25,26,28)/t19?,20?,21-,22-/m0/s1. The second-order valence-corrected chi connectivity index (χ2v) is 8.40. The Morgan fingerprint density at radius 2 is 1.42 bits per heavy atom. The highest BCUT2D eigenvalue weighted by molar-refractivity contribution is 6.10. The Bertz CT molecular complexity index is 1150. The number of rotatable bonds is 3. The van der Waals surface area contributed by atoms with Gasteiger partial charge in [-0.3, -0.25) is 19.3 Å². The molecule has 0 saturated carbocycles. The lowest BCUT2D eigenvalue weighted by Gasteiger charge is -2.45. The van der Waals surface area contributed by atoms with E-state index in [4.69, 9.17) is 4.52 Å². The van der Waals surface area contributed by atoms with E-state index in [1.165, 1.54) is 0 Å². The predicted octanol–water partition coefficient (Wildman–Crippen LogP) is 2.81. The van der Waals surface area contributed by atoms with E-state index in [0.29, 0.717) is 5.76 Å². The molecule has 2 bridgehead atoms. The van der Waals surface area contributed by atoms with Gasteiger partial charge in [0.2, 0.25) is 17.7 Å². The molecule has 2 aromatic carbocycles. The maximum absolute atomic E-state index is 13.4. The minimum absolute atomic E-state index is 0.176. The van der Waals surface area contributed by atoms with Crippen LogP contribution in [0.15, 0.2) is 59.1 Å². The van der Waals surface area contributed by atoms with Crippen molar-refractivity contribution in [3.05, 3.63) is 82.6 Å². The van der Waals surface area contributed by atoms with E-state index in [-0.39, 0.29) is 36.0 Å². The maximum atomic E-state index is 13.4. The second kappa shape index (κ2) is 6.38. The molecule has 0 unspecified atom stereocenters. The minimum atomic E-state index is -0.482. The monoisotopic (exact) mass is 413 g/mol. The summed E-state index contributed by atoms with van der Waals surface area (Å²) in [6.07, 6.45) is 0. The van der Waals surface area contributed by atoms with E-state index < -0.39 is 17.7 Å². The van der Waals surface area contributed by atoms with Crippen LogP contribution < -0.4 is 5.32 Å². The van der Waals surface area contributed by atoms with Gasteiger partial charge >= 0.3 is 0 Å². The van der Waals surface area contributed by atoms with Crippen molar-refractivity contribution in [2.45, 2.75) is 18.8 Å². The number of anilines is 1.